The maximum absolute atomic E-state index is 12.7. The van der Waals surface area contributed by atoms with E-state index < -0.39 is 0 Å². The number of oxazole rings is 1. The van der Waals surface area contributed by atoms with Crippen LogP contribution in [0.5, 0.6) is 5.75 Å². The third-order valence-electron chi connectivity index (χ3n) is 5.55. The number of nitrogens with zero attached hydrogens (tertiary/aromatic N) is 5. The third kappa shape index (κ3) is 5.35. The van der Waals surface area contributed by atoms with Crippen LogP contribution in [0.15, 0.2) is 51.5 Å². The number of furan rings is 1. The molecule has 0 bridgehead atoms. The number of piperazine rings is 1. The maximum atomic E-state index is 12.7. The molecular weight excluding hydrogens is 422 g/mol. The van der Waals surface area contributed by atoms with Crippen molar-refractivity contribution in [2.45, 2.75) is 13.5 Å². The molecule has 9 nitrogen and oxygen atoms in total. The monoisotopic (exact) mass is 449 g/mol. The highest BCUT2D eigenvalue weighted by Gasteiger charge is 2.26. The molecule has 0 unspecified atom stereocenters. The Morgan fingerprint density at radius 2 is 1.97 bits per heavy atom. The molecule has 1 aromatic carbocycles. The smallest absolute Gasteiger partial charge is 0.266 e. The summed E-state index contributed by atoms with van der Waals surface area (Å²) in [6.45, 7) is 6.12. The van der Waals surface area contributed by atoms with Crippen molar-refractivity contribution in [3.63, 3.8) is 0 Å². The highest BCUT2D eigenvalue weighted by Crippen LogP contribution is 2.29. The van der Waals surface area contributed by atoms with Crippen molar-refractivity contribution in [2.24, 2.45) is 0 Å². The SMILES string of the molecule is CCOc1ccc(CN(C)C(=O)CN2CCN(c3oc(-c4ccco4)nc3C#N)CC2)cc1. The van der Waals surface area contributed by atoms with Gasteiger partial charge in [0.25, 0.3) is 5.89 Å². The summed E-state index contributed by atoms with van der Waals surface area (Å²) in [5, 5.41) is 9.46. The van der Waals surface area contributed by atoms with E-state index >= 15 is 0 Å². The number of likely N-dealkylation sites (N-methyl/N-ethyl adjacent to an activating group) is 1. The summed E-state index contributed by atoms with van der Waals surface area (Å²) < 4.78 is 16.6. The molecule has 4 rings (SSSR count). The second-order valence-electron chi connectivity index (χ2n) is 7.85. The van der Waals surface area contributed by atoms with Crippen LogP contribution in [-0.2, 0) is 11.3 Å². The minimum atomic E-state index is 0.0646. The number of hydrogen-bond donors (Lipinski definition) is 0. The molecule has 172 valence electrons. The summed E-state index contributed by atoms with van der Waals surface area (Å²) in [6, 6.07) is 13.4. The summed E-state index contributed by atoms with van der Waals surface area (Å²) in [6.07, 6.45) is 1.54. The fourth-order valence-corrected chi connectivity index (χ4v) is 3.75. The Kier molecular flexibility index (Phi) is 6.95. The Morgan fingerprint density at radius 3 is 2.61 bits per heavy atom. The first-order valence-corrected chi connectivity index (χ1v) is 10.9. The summed E-state index contributed by atoms with van der Waals surface area (Å²) in [7, 11) is 1.82. The Labute approximate surface area is 192 Å². The topological polar surface area (TPSA) is 99.0 Å². The zero-order valence-corrected chi connectivity index (χ0v) is 18.9. The molecule has 33 heavy (non-hydrogen) atoms. The number of nitriles is 1. The normalized spacial score (nSPS) is 14.2. The number of benzene rings is 1. The van der Waals surface area contributed by atoms with Crippen LogP contribution in [0, 0.1) is 11.3 Å². The maximum Gasteiger partial charge on any atom is 0.266 e. The number of anilines is 1. The highest BCUT2D eigenvalue weighted by molar-refractivity contribution is 5.78. The summed E-state index contributed by atoms with van der Waals surface area (Å²) >= 11 is 0. The number of aromatic nitrogens is 1. The van der Waals surface area contributed by atoms with Crippen molar-refractivity contribution in [2.75, 3.05) is 51.3 Å². The van der Waals surface area contributed by atoms with Gasteiger partial charge in [0.2, 0.25) is 17.5 Å². The zero-order chi connectivity index (χ0) is 23.2. The Hall–Kier alpha value is -3.77. The van der Waals surface area contributed by atoms with Crippen molar-refractivity contribution >= 4 is 11.8 Å². The van der Waals surface area contributed by atoms with Gasteiger partial charge >= 0.3 is 0 Å². The second kappa shape index (κ2) is 10.2. The molecule has 3 aromatic rings. The third-order valence-corrected chi connectivity index (χ3v) is 5.55. The van der Waals surface area contributed by atoms with Crippen molar-refractivity contribution in [3.8, 4) is 23.5 Å². The molecule has 1 amide bonds. The number of hydrogen-bond acceptors (Lipinski definition) is 8. The molecule has 0 saturated carbocycles. The Morgan fingerprint density at radius 1 is 1.21 bits per heavy atom. The Balaban J connectivity index is 1.29. The molecule has 0 aliphatic carbocycles. The number of carbonyl (C=O) groups is 1. The predicted molar refractivity (Wildman–Crippen MR) is 122 cm³/mol. The van der Waals surface area contributed by atoms with E-state index in [1.807, 2.05) is 43.1 Å². The fraction of sp³-hybridized carbons (Fsp3) is 0.375. The summed E-state index contributed by atoms with van der Waals surface area (Å²) in [5.41, 5.74) is 1.29. The Bertz CT molecular complexity index is 1090. The molecule has 1 aliphatic rings. The van der Waals surface area contributed by atoms with Gasteiger partial charge in [-0.15, -0.1) is 0 Å². The van der Waals surface area contributed by atoms with Crippen LogP contribution in [0.4, 0.5) is 5.88 Å². The minimum Gasteiger partial charge on any atom is -0.494 e. The van der Waals surface area contributed by atoms with Crippen LogP contribution in [0.2, 0.25) is 0 Å². The van der Waals surface area contributed by atoms with Gasteiger partial charge in [0.1, 0.15) is 11.8 Å². The van der Waals surface area contributed by atoms with E-state index in [9.17, 15) is 10.1 Å². The van der Waals surface area contributed by atoms with E-state index in [1.54, 1.807) is 17.0 Å². The van der Waals surface area contributed by atoms with Crippen molar-refractivity contribution < 1.29 is 18.4 Å². The van der Waals surface area contributed by atoms with Gasteiger partial charge in [-0.1, -0.05) is 12.1 Å². The molecule has 0 atom stereocenters. The van der Waals surface area contributed by atoms with Crippen LogP contribution >= 0.6 is 0 Å². The lowest BCUT2D eigenvalue weighted by Gasteiger charge is -2.34. The first-order valence-electron chi connectivity index (χ1n) is 10.9. The molecule has 0 radical (unpaired) electrons. The van der Waals surface area contributed by atoms with Gasteiger partial charge in [-0.25, -0.2) is 0 Å². The fourth-order valence-electron chi connectivity index (χ4n) is 3.75. The van der Waals surface area contributed by atoms with Gasteiger partial charge in [0, 0.05) is 39.8 Å². The molecule has 2 aromatic heterocycles. The number of carbonyl (C=O) groups excluding carboxylic acids is 1. The van der Waals surface area contributed by atoms with Gasteiger partial charge in [-0.05, 0) is 36.8 Å². The first kappa shape index (κ1) is 22.4. The van der Waals surface area contributed by atoms with Crippen LogP contribution < -0.4 is 9.64 Å². The lowest BCUT2D eigenvalue weighted by Crippen LogP contribution is -2.49. The van der Waals surface area contributed by atoms with Gasteiger partial charge in [-0.3, -0.25) is 9.69 Å². The zero-order valence-electron chi connectivity index (χ0n) is 18.9. The molecule has 1 fully saturated rings. The van der Waals surface area contributed by atoms with E-state index in [1.165, 1.54) is 6.26 Å². The van der Waals surface area contributed by atoms with Gasteiger partial charge in [-0.2, -0.15) is 10.2 Å². The van der Waals surface area contributed by atoms with E-state index in [0.717, 1.165) is 11.3 Å². The highest BCUT2D eigenvalue weighted by atomic mass is 16.5. The standard InChI is InChI=1S/C24H27N5O4/c1-3-31-19-8-6-18(7-9-19)16-27(2)22(30)17-28-10-12-29(13-11-28)24-20(15-25)26-23(33-24)21-5-4-14-32-21/h4-9,14H,3,10-13,16-17H2,1-2H3. The van der Waals surface area contributed by atoms with Crippen LogP contribution in [0.25, 0.3) is 11.7 Å². The van der Waals surface area contributed by atoms with Crippen molar-refractivity contribution in [1.82, 2.24) is 14.8 Å². The van der Waals surface area contributed by atoms with E-state index in [0.29, 0.717) is 63.4 Å². The number of ether oxygens (including phenoxy) is 1. The van der Waals surface area contributed by atoms with Crippen LogP contribution in [-0.4, -0.2) is 67.1 Å². The summed E-state index contributed by atoms with van der Waals surface area (Å²) in [5.74, 6) is 2.12. The van der Waals surface area contributed by atoms with E-state index in [2.05, 4.69) is 16.0 Å². The molecule has 0 N–H and O–H groups in total. The van der Waals surface area contributed by atoms with Gasteiger partial charge < -0.3 is 23.4 Å². The molecule has 3 heterocycles. The number of rotatable bonds is 8. The molecule has 1 saturated heterocycles. The molecule has 0 spiro atoms. The van der Waals surface area contributed by atoms with E-state index in [-0.39, 0.29) is 11.6 Å². The minimum absolute atomic E-state index is 0.0646. The van der Waals surface area contributed by atoms with Crippen LogP contribution in [0.1, 0.15) is 18.2 Å². The van der Waals surface area contributed by atoms with Gasteiger partial charge in [0.05, 0.1) is 19.4 Å². The first-order chi connectivity index (χ1) is 16.1. The van der Waals surface area contributed by atoms with Gasteiger partial charge in [0.15, 0.2) is 5.76 Å². The van der Waals surface area contributed by atoms with Crippen molar-refractivity contribution in [1.29, 1.82) is 5.26 Å². The molecular formula is C24H27N5O4. The summed E-state index contributed by atoms with van der Waals surface area (Å²) in [4.78, 5) is 22.8. The van der Waals surface area contributed by atoms with Crippen LogP contribution in [0.3, 0.4) is 0 Å². The quantitative estimate of drug-likeness (QED) is 0.518. The molecule has 9 heteroatoms. The van der Waals surface area contributed by atoms with Crippen molar-refractivity contribution in [3.05, 3.63) is 53.9 Å². The average molecular weight is 450 g/mol. The largest absolute Gasteiger partial charge is 0.494 e. The molecule has 1 aliphatic heterocycles. The lowest BCUT2D eigenvalue weighted by atomic mass is 10.2. The average Bonchev–Trinajstić information content (AvgIpc) is 3.51. The lowest BCUT2D eigenvalue weighted by molar-refractivity contribution is -0.131. The van der Waals surface area contributed by atoms with E-state index in [4.69, 9.17) is 13.6 Å². The second-order valence-corrected chi connectivity index (χ2v) is 7.85. The number of amides is 1. The predicted octanol–water partition coefficient (Wildman–Crippen LogP) is 2.99.